The van der Waals surface area contributed by atoms with Crippen LogP contribution >= 0.6 is 0 Å². The van der Waals surface area contributed by atoms with Gasteiger partial charge < -0.3 is 10.1 Å². The van der Waals surface area contributed by atoms with Crippen LogP contribution in [0.4, 0.5) is 0 Å². The molecule has 90 valence electrons. The molecular weight excluding hydrogens is 198 g/mol. The molecule has 1 rings (SSSR count). The van der Waals surface area contributed by atoms with Crippen LogP contribution in [-0.2, 0) is 11.2 Å². The molecule has 0 aliphatic carbocycles. The summed E-state index contributed by atoms with van der Waals surface area (Å²) in [5, 5.41) is 3.44. The minimum absolute atomic E-state index is 0.499. The molecule has 0 aliphatic rings. The standard InChI is InChI=1S/C14H23NO/c1-3-15-14(12-16-2)11-7-10-13-8-5-4-6-9-13/h4-6,8-9,14-15H,3,7,10-12H2,1-2H3. The van der Waals surface area contributed by atoms with Gasteiger partial charge in [-0.2, -0.15) is 0 Å². The minimum atomic E-state index is 0.499. The van der Waals surface area contributed by atoms with E-state index in [1.54, 1.807) is 7.11 Å². The lowest BCUT2D eigenvalue weighted by atomic mass is 10.1. The maximum Gasteiger partial charge on any atom is 0.0615 e. The van der Waals surface area contributed by atoms with Crippen molar-refractivity contribution < 1.29 is 4.74 Å². The first-order chi connectivity index (χ1) is 7.86. The van der Waals surface area contributed by atoms with E-state index in [2.05, 4.69) is 42.6 Å². The summed E-state index contributed by atoms with van der Waals surface area (Å²) in [5.41, 5.74) is 1.43. The summed E-state index contributed by atoms with van der Waals surface area (Å²) in [6.07, 6.45) is 3.55. The van der Waals surface area contributed by atoms with Crippen molar-refractivity contribution >= 4 is 0 Å². The van der Waals surface area contributed by atoms with E-state index in [-0.39, 0.29) is 0 Å². The first-order valence-electron chi connectivity index (χ1n) is 6.13. The first kappa shape index (κ1) is 13.2. The number of likely N-dealkylation sites (N-methyl/N-ethyl adjacent to an activating group) is 1. The fourth-order valence-corrected chi connectivity index (χ4v) is 1.93. The third kappa shape index (κ3) is 5.29. The Balaban J connectivity index is 2.22. The number of rotatable bonds is 8. The van der Waals surface area contributed by atoms with Gasteiger partial charge >= 0.3 is 0 Å². The predicted molar refractivity (Wildman–Crippen MR) is 68.7 cm³/mol. The van der Waals surface area contributed by atoms with Crippen LogP contribution in [0.15, 0.2) is 30.3 Å². The number of methoxy groups -OCH3 is 1. The Morgan fingerprint density at radius 2 is 2.00 bits per heavy atom. The molecule has 1 aromatic rings. The zero-order chi connectivity index (χ0) is 11.6. The van der Waals surface area contributed by atoms with Crippen LogP contribution in [0.5, 0.6) is 0 Å². The smallest absolute Gasteiger partial charge is 0.0615 e. The molecule has 0 bridgehead atoms. The van der Waals surface area contributed by atoms with Crippen molar-refractivity contribution in [2.45, 2.75) is 32.2 Å². The average molecular weight is 221 g/mol. The van der Waals surface area contributed by atoms with E-state index in [1.165, 1.54) is 18.4 Å². The zero-order valence-corrected chi connectivity index (χ0v) is 10.4. The molecule has 2 heteroatoms. The largest absolute Gasteiger partial charge is 0.383 e. The van der Waals surface area contributed by atoms with E-state index < -0.39 is 0 Å². The van der Waals surface area contributed by atoms with Crippen LogP contribution in [0.3, 0.4) is 0 Å². The van der Waals surface area contributed by atoms with Crippen molar-refractivity contribution in [3.63, 3.8) is 0 Å². The van der Waals surface area contributed by atoms with Crippen molar-refractivity contribution in [3.8, 4) is 0 Å². The summed E-state index contributed by atoms with van der Waals surface area (Å²) in [6, 6.07) is 11.2. The molecule has 0 saturated heterocycles. The molecule has 0 radical (unpaired) electrons. The third-order valence-corrected chi connectivity index (χ3v) is 2.72. The summed E-state index contributed by atoms with van der Waals surface area (Å²) in [7, 11) is 1.77. The molecule has 0 fully saturated rings. The molecule has 1 aromatic carbocycles. The molecule has 0 aliphatic heterocycles. The Bertz CT molecular complexity index is 255. The molecule has 2 nitrogen and oxygen atoms in total. The molecular formula is C14H23NO. The summed E-state index contributed by atoms with van der Waals surface area (Å²) in [5.74, 6) is 0. The molecule has 0 aromatic heterocycles. The minimum Gasteiger partial charge on any atom is -0.383 e. The van der Waals surface area contributed by atoms with Gasteiger partial charge in [0.2, 0.25) is 0 Å². The second kappa shape index (κ2) is 8.31. The van der Waals surface area contributed by atoms with Gasteiger partial charge in [0.05, 0.1) is 6.61 Å². The summed E-state index contributed by atoms with van der Waals surface area (Å²) >= 11 is 0. The second-order valence-electron chi connectivity index (χ2n) is 4.09. The van der Waals surface area contributed by atoms with Gasteiger partial charge in [-0.05, 0) is 31.4 Å². The maximum absolute atomic E-state index is 5.20. The highest BCUT2D eigenvalue weighted by Crippen LogP contribution is 2.06. The zero-order valence-electron chi connectivity index (χ0n) is 10.4. The summed E-state index contributed by atoms with van der Waals surface area (Å²) in [4.78, 5) is 0. The fraction of sp³-hybridized carbons (Fsp3) is 0.571. The Hall–Kier alpha value is -0.860. The number of benzene rings is 1. The van der Waals surface area contributed by atoms with Crippen LogP contribution in [0, 0.1) is 0 Å². The lowest BCUT2D eigenvalue weighted by molar-refractivity contribution is 0.162. The van der Waals surface area contributed by atoms with Gasteiger partial charge in [0.15, 0.2) is 0 Å². The SMILES string of the molecule is CCNC(CCCc1ccccc1)COC. The van der Waals surface area contributed by atoms with Gasteiger partial charge in [0, 0.05) is 13.2 Å². The molecule has 1 unspecified atom stereocenters. The Morgan fingerprint density at radius 1 is 1.25 bits per heavy atom. The van der Waals surface area contributed by atoms with Crippen LogP contribution in [0.2, 0.25) is 0 Å². The first-order valence-corrected chi connectivity index (χ1v) is 6.13. The molecule has 16 heavy (non-hydrogen) atoms. The van der Waals surface area contributed by atoms with E-state index in [0.29, 0.717) is 6.04 Å². The fourth-order valence-electron chi connectivity index (χ4n) is 1.93. The van der Waals surface area contributed by atoms with E-state index in [0.717, 1.165) is 19.6 Å². The van der Waals surface area contributed by atoms with Gasteiger partial charge in [0.25, 0.3) is 0 Å². The van der Waals surface area contributed by atoms with Crippen molar-refractivity contribution in [2.75, 3.05) is 20.3 Å². The summed E-state index contributed by atoms with van der Waals surface area (Å²) < 4.78 is 5.20. The van der Waals surface area contributed by atoms with Crippen LogP contribution in [0.25, 0.3) is 0 Å². The van der Waals surface area contributed by atoms with E-state index in [4.69, 9.17) is 4.74 Å². The van der Waals surface area contributed by atoms with Gasteiger partial charge in [-0.3, -0.25) is 0 Å². The average Bonchev–Trinajstić information content (AvgIpc) is 2.31. The second-order valence-corrected chi connectivity index (χ2v) is 4.09. The van der Waals surface area contributed by atoms with Gasteiger partial charge in [-0.25, -0.2) is 0 Å². The number of hydrogen-bond donors (Lipinski definition) is 1. The molecule has 0 spiro atoms. The summed E-state index contributed by atoms with van der Waals surface area (Å²) in [6.45, 7) is 3.96. The van der Waals surface area contributed by atoms with Crippen molar-refractivity contribution in [1.82, 2.24) is 5.32 Å². The molecule has 0 saturated carbocycles. The quantitative estimate of drug-likeness (QED) is 0.728. The Morgan fingerprint density at radius 3 is 2.62 bits per heavy atom. The number of aryl methyl sites for hydroxylation is 1. The Kier molecular flexibility index (Phi) is 6.86. The highest BCUT2D eigenvalue weighted by Gasteiger charge is 2.05. The maximum atomic E-state index is 5.20. The lowest BCUT2D eigenvalue weighted by Gasteiger charge is -2.16. The lowest BCUT2D eigenvalue weighted by Crippen LogP contribution is -2.33. The number of ether oxygens (including phenoxy) is 1. The monoisotopic (exact) mass is 221 g/mol. The predicted octanol–water partition coefficient (Wildman–Crippen LogP) is 2.63. The highest BCUT2D eigenvalue weighted by atomic mass is 16.5. The van der Waals surface area contributed by atoms with Crippen LogP contribution in [-0.4, -0.2) is 26.3 Å². The normalized spacial score (nSPS) is 12.6. The Labute approximate surface area is 99.0 Å². The molecule has 1 N–H and O–H groups in total. The van der Waals surface area contributed by atoms with Gasteiger partial charge in [-0.15, -0.1) is 0 Å². The third-order valence-electron chi connectivity index (χ3n) is 2.72. The molecule has 0 heterocycles. The van der Waals surface area contributed by atoms with E-state index in [9.17, 15) is 0 Å². The van der Waals surface area contributed by atoms with Crippen molar-refractivity contribution in [2.24, 2.45) is 0 Å². The number of hydrogen-bond acceptors (Lipinski definition) is 2. The van der Waals surface area contributed by atoms with Crippen molar-refractivity contribution in [1.29, 1.82) is 0 Å². The van der Waals surface area contributed by atoms with E-state index >= 15 is 0 Å². The van der Waals surface area contributed by atoms with Crippen LogP contribution in [0.1, 0.15) is 25.3 Å². The topological polar surface area (TPSA) is 21.3 Å². The highest BCUT2D eigenvalue weighted by molar-refractivity contribution is 5.14. The van der Waals surface area contributed by atoms with E-state index in [1.807, 2.05) is 0 Å². The van der Waals surface area contributed by atoms with Crippen LogP contribution < -0.4 is 5.32 Å². The van der Waals surface area contributed by atoms with Gasteiger partial charge in [-0.1, -0.05) is 37.3 Å². The molecule has 1 atom stereocenters. The molecule has 0 amide bonds. The van der Waals surface area contributed by atoms with Gasteiger partial charge in [0.1, 0.15) is 0 Å². The van der Waals surface area contributed by atoms with Crippen molar-refractivity contribution in [3.05, 3.63) is 35.9 Å². The number of nitrogens with one attached hydrogen (secondary N) is 1.